The highest BCUT2D eigenvalue weighted by Gasteiger charge is 2.34. The van der Waals surface area contributed by atoms with Gasteiger partial charge >= 0.3 is 5.97 Å². The molecule has 1 aromatic rings. The number of hydrogen-bond donors (Lipinski definition) is 2. The summed E-state index contributed by atoms with van der Waals surface area (Å²) >= 11 is 0. The van der Waals surface area contributed by atoms with Gasteiger partial charge in [-0.25, -0.2) is 4.79 Å². The fourth-order valence-corrected chi connectivity index (χ4v) is 1.59. The highest BCUT2D eigenvalue weighted by molar-refractivity contribution is 5.89. The first kappa shape index (κ1) is 13.2. The van der Waals surface area contributed by atoms with Crippen LogP contribution in [-0.2, 0) is 9.59 Å². The second-order valence-corrected chi connectivity index (χ2v) is 4.78. The number of rotatable bonds is 3. The fraction of sp³-hybridized carbons (Fsp3) is 0.385. The number of carbonyl (C=O) groups excluding carboxylic acids is 1. The molecule has 2 N–H and O–H groups in total. The van der Waals surface area contributed by atoms with Crippen LogP contribution < -0.4 is 14.8 Å². The summed E-state index contributed by atoms with van der Waals surface area (Å²) in [6.45, 7) is 2.87. The third-order valence-corrected chi connectivity index (χ3v) is 2.77. The van der Waals surface area contributed by atoms with Gasteiger partial charge in [0.2, 0.25) is 6.10 Å². The van der Waals surface area contributed by atoms with Gasteiger partial charge in [0.15, 0.2) is 11.5 Å². The number of carboxylic acids is 1. The van der Waals surface area contributed by atoms with Crippen molar-refractivity contribution in [3.63, 3.8) is 0 Å². The molecule has 2 rings (SSSR count). The minimum absolute atomic E-state index is 0.0541. The molecule has 1 aromatic carbocycles. The number of hydrogen-bond acceptors (Lipinski definition) is 4. The van der Waals surface area contributed by atoms with E-state index < -0.39 is 23.5 Å². The van der Waals surface area contributed by atoms with Crippen molar-refractivity contribution in [2.75, 3.05) is 6.61 Å². The largest absolute Gasteiger partial charge is 0.485 e. The van der Waals surface area contributed by atoms with Crippen LogP contribution in [-0.4, -0.2) is 35.2 Å². The summed E-state index contributed by atoms with van der Waals surface area (Å²) in [4.78, 5) is 22.9. The van der Waals surface area contributed by atoms with E-state index in [9.17, 15) is 9.59 Å². The van der Waals surface area contributed by atoms with Gasteiger partial charge in [-0.1, -0.05) is 12.1 Å². The number of nitrogens with one attached hydrogen (secondary N) is 1. The molecular formula is C13H15NO5. The monoisotopic (exact) mass is 265 g/mol. The van der Waals surface area contributed by atoms with Crippen LogP contribution in [0.2, 0.25) is 0 Å². The number of para-hydroxylation sites is 2. The number of benzene rings is 1. The van der Waals surface area contributed by atoms with Crippen molar-refractivity contribution in [3.05, 3.63) is 24.3 Å². The number of amides is 1. The lowest BCUT2D eigenvalue weighted by Crippen LogP contribution is -2.55. The van der Waals surface area contributed by atoms with Gasteiger partial charge in [-0.15, -0.1) is 0 Å². The molecule has 1 aliphatic heterocycles. The molecule has 0 saturated carbocycles. The molecule has 1 heterocycles. The average Bonchev–Trinajstić information content (AvgIpc) is 2.37. The summed E-state index contributed by atoms with van der Waals surface area (Å²) in [5.41, 5.74) is -1.35. The quantitative estimate of drug-likeness (QED) is 0.844. The lowest BCUT2D eigenvalue weighted by atomic mass is 10.1. The molecule has 1 amide bonds. The molecule has 102 valence electrons. The topological polar surface area (TPSA) is 84.9 Å². The maximum Gasteiger partial charge on any atom is 0.328 e. The molecule has 0 aliphatic carbocycles. The smallest absolute Gasteiger partial charge is 0.328 e. The van der Waals surface area contributed by atoms with Crippen LogP contribution in [0.5, 0.6) is 11.5 Å². The summed E-state index contributed by atoms with van der Waals surface area (Å²) in [6, 6.07) is 7.00. The van der Waals surface area contributed by atoms with E-state index in [-0.39, 0.29) is 6.61 Å². The molecule has 6 nitrogen and oxygen atoms in total. The molecule has 19 heavy (non-hydrogen) atoms. The zero-order chi connectivity index (χ0) is 14.0. The molecule has 1 aliphatic rings. The van der Waals surface area contributed by atoms with E-state index in [1.807, 2.05) is 0 Å². The standard InChI is InChI=1S/C13H15NO5/c1-13(2,12(16)17)14-11(15)10-7-18-8-5-3-4-6-9(8)19-10/h3-6,10H,7H2,1-2H3,(H,14,15)(H,16,17). The van der Waals surface area contributed by atoms with Gasteiger partial charge in [0.25, 0.3) is 5.91 Å². The van der Waals surface area contributed by atoms with Crippen molar-refractivity contribution in [1.82, 2.24) is 5.32 Å². The molecule has 0 spiro atoms. The first-order chi connectivity index (χ1) is 8.90. The van der Waals surface area contributed by atoms with Gasteiger partial charge in [0.05, 0.1) is 0 Å². The number of carbonyl (C=O) groups is 2. The van der Waals surface area contributed by atoms with Crippen LogP contribution in [0.15, 0.2) is 24.3 Å². The lowest BCUT2D eigenvalue weighted by molar-refractivity contribution is -0.147. The molecule has 0 aromatic heterocycles. The van der Waals surface area contributed by atoms with Gasteiger partial charge in [0.1, 0.15) is 12.1 Å². The summed E-state index contributed by atoms with van der Waals surface area (Å²) < 4.78 is 10.9. The van der Waals surface area contributed by atoms with Crippen LogP contribution in [0, 0.1) is 0 Å². The first-order valence-corrected chi connectivity index (χ1v) is 5.84. The maximum atomic E-state index is 11.9. The Balaban J connectivity index is 2.05. The van der Waals surface area contributed by atoms with Crippen molar-refractivity contribution in [3.8, 4) is 11.5 Å². The van der Waals surface area contributed by atoms with Gasteiger partial charge in [0, 0.05) is 0 Å². The van der Waals surface area contributed by atoms with Crippen LogP contribution in [0.25, 0.3) is 0 Å². The third kappa shape index (κ3) is 2.78. The van der Waals surface area contributed by atoms with Crippen LogP contribution in [0.4, 0.5) is 0 Å². The molecule has 0 radical (unpaired) electrons. The van der Waals surface area contributed by atoms with Gasteiger partial charge in [-0.05, 0) is 26.0 Å². The van der Waals surface area contributed by atoms with Gasteiger partial charge in [-0.2, -0.15) is 0 Å². The Hall–Kier alpha value is -2.24. The number of fused-ring (bicyclic) bond motifs is 1. The zero-order valence-corrected chi connectivity index (χ0v) is 10.7. The minimum atomic E-state index is -1.35. The minimum Gasteiger partial charge on any atom is -0.485 e. The SMILES string of the molecule is CC(C)(NC(=O)C1COc2ccccc2O1)C(=O)O. The fourth-order valence-electron chi connectivity index (χ4n) is 1.59. The van der Waals surface area contributed by atoms with Crippen molar-refractivity contribution in [1.29, 1.82) is 0 Å². The number of aliphatic carboxylic acids is 1. The number of ether oxygens (including phenoxy) is 2. The van der Waals surface area contributed by atoms with Crippen LogP contribution in [0.3, 0.4) is 0 Å². The van der Waals surface area contributed by atoms with Crippen molar-refractivity contribution >= 4 is 11.9 Å². The van der Waals surface area contributed by atoms with E-state index in [4.69, 9.17) is 14.6 Å². The number of carboxylic acid groups (broad SMARTS) is 1. The van der Waals surface area contributed by atoms with Crippen molar-refractivity contribution < 1.29 is 24.2 Å². The molecule has 1 unspecified atom stereocenters. The Morgan fingerprint density at radius 1 is 1.32 bits per heavy atom. The molecule has 0 saturated heterocycles. The van der Waals surface area contributed by atoms with E-state index in [0.717, 1.165) is 0 Å². The second kappa shape index (κ2) is 4.79. The normalized spacial score (nSPS) is 17.7. The Labute approximate surface area is 110 Å². The second-order valence-electron chi connectivity index (χ2n) is 4.78. The lowest BCUT2D eigenvalue weighted by Gasteiger charge is -2.28. The predicted molar refractivity (Wildman–Crippen MR) is 66.2 cm³/mol. The van der Waals surface area contributed by atoms with Crippen LogP contribution >= 0.6 is 0 Å². The first-order valence-electron chi connectivity index (χ1n) is 5.84. The average molecular weight is 265 g/mol. The molecule has 6 heteroatoms. The zero-order valence-electron chi connectivity index (χ0n) is 10.7. The molecule has 0 bridgehead atoms. The van der Waals surface area contributed by atoms with Crippen LogP contribution in [0.1, 0.15) is 13.8 Å². The predicted octanol–water partition coefficient (Wildman–Crippen LogP) is 0.806. The van der Waals surface area contributed by atoms with E-state index in [1.54, 1.807) is 24.3 Å². The summed E-state index contributed by atoms with van der Waals surface area (Å²) in [5, 5.41) is 11.4. The highest BCUT2D eigenvalue weighted by Crippen LogP contribution is 2.30. The molecular weight excluding hydrogens is 250 g/mol. The Kier molecular flexibility index (Phi) is 3.33. The van der Waals surface area contributed by atoms with E-state index in [0.29, 0.717) is 11.5 Å². The summed E-state index contributed by atoms with van der Waals surface area (Å²) in [7, 11) is 0. The maximum absolute atomic E-state index is 11.9. The van der Waals surface area contributed by atoms with Crippen molar-refractivity contribution in [2.45, 2.75) is 25.5 Å². The third-order valence-electron chi connectivity index (χ3n) is 2.77. The van der Waals surface area contributed by atoms with E-state index in [2.05, 4.69) is 5.32 Å². The van der Waals surface area contributed by atoms with Gasteiger partial charge in [-0.3, -0.25) is 4.79 Å². The van der Waals surface area contributed by atoms with E-state index in [1.165, 1.54) is 13.8 Å². The summed E-state index contributed by atoms with van der Waals surface area (Å²) in [5.74, 6) is -0.578. The Bertz CT molecular complexity index is 512. The Morgan fingerprint density at radius 2 is 1.95 bits per heavy atom. The Morgan fingerprint density at radius 3 is 2.58 bits per heavy atom. The highest BCUT2D eigenvalue weighted by atomic mass is 16.6. The summed E-state index contributed by atoms with van der Waals surface area (Å²) in [6.07, 6.45) is -0.853. The van der Waals surface area contributed by atoms with E-state index >= 15 is 0 Å². The molecule has 1 atom stereocenters. The molecule has 0 fully saturated rings. The van der Waals surface area contributed by atoms with Crippen molar-refractivity contribution in [2.24, 2.45) is 0 Å². The van der Waals surface area contributed by atoms with Gasteiger partial charge < -0.3 is 19.9 Å².